The van der Waals surface area contributed by atoms with Crippen LogP contribution in [0.5, 0.6) is 0 Å². The third kappa shape index (κ3) is 4.54. The first-order valence-electron chi connectivity index (χ1n) is 11.0. The number of anilines is 2. The summed E-state index contributed by atoms with van der Waals surface area (Å²) in [4.78, 5) is 17.9. The van der Waals surface area contributed by atoms with Crippen LogP contribution in [0.15, 0.2) is 47.1 Å². The van der Waals surface area contributed by atoms with Gasteiger partial charge >= 0.3 is 0 Å². The summed E-state index contributed by atoms with van der Waals surface area (Å²) in [7, 11) is 0. The highest BCUT2D eigenvalue weighted by Crippen LogP contribution is 2.26. The third-order valence-corrected chi connectivity index (χ3v) is 6.33. The molecular weight excluding hydrogens is 388 g/mol. The van der Waals surface area contributed by atoms with E-state index < -0.39 is 0 Å². The number of amides is 1. The first-order valence-corrected chi connectivity index (χ1v) is 11.0. The molecule has 0 unspecified atom stereocenters. The molecule has 164 valence electrons. The van der Waals surface area contributed by atoms with E-state index in [1.165, 1.54) is 11.3 Å². The summed E-state index contributed by atoms with van der Waals surface area (Å²) >= 11 is 0. The van der Waals surface area contributed by atoms with Gasteiger partial charge in [-0.25, -0.2) is 0 Å². The Morgan fingerprint density at radius 1 is 1.06 bits per heavy atom. The number of piperazine rings is 1. The Balaban J connectivity index is 1.46. The molecule has 0 radical (unpaired) electrons. The molecule has 31 heavy (non-hydrogen) atoms. The average Bonchev–Trinajstić information content (AvgIpc) is 3.38. The lowest BCUT2D eigenvalue weighted by Gasteiger charge is -2.36. The second kappa shape index (κ2) is 9.02. The van der Waals surface area contributed by atoms with E-state index >= 15 is 0 Å². The Hall–Kier alpha value is -2.99. The smallest absolute Gasteiger partial charge is 0.257 e. The fourth-order valence-electron chi connectivity index (χ4n) is 4.42. The molecule has 0 aliphatic carbocycles. The molecule has 0 bridgehead atoms. The van der Waals surface area contributed by atoms with Crippen LogP contribution in [0.3, 0.4) is 0 Å². The van der Waals surface area contributed by atoms with Crippen molar-refractivity contribution < 1.29 is 9.21 Å². The minimum absolute atomic E-state index is 0.0810. The topological polar surface area (TPSA) is 53.6 Å². The number of benzene rings is 1. The zero-order chi connectivity index (χ0) is 22.0. The minimum atomic E-state index is -0.0810. The van der Waals surface area contributed by atoms with Crippen molar-refractivity contribution in [2.24, 2.45) is 0 Å². The van der Waals surface area contributed by atoms with E-state index in [-0.39, 0.29) is 5.91 Å². The lowest BCUT2D eigenvalue weighted by atomic mass is 10.1. The van der Waals surface area contributed by atoms with Crippen LogP contribution in [-0.4, -0.2) is 48.1 Å². The molecule has 1 aromatic carbocycles. The van der Waals surface area contributed by atoms with Crippen LogP contribution in [0, 0.1) is 20.8 Å². The lowest BCUT2D eigenvalue weighted by molar-refractivity contribution is 0.102. The molecule has 1 aliphatic rings. The van der Waals surface area contributed by atoms with Crippen LogP contribution in [0.25, 0.3) is 0 Å². The number of nitrogens with zero attached hydrogens (tertiary/aromatic N) is 3. The minimum Gasteiger partial charge on any atom is -0.467 e. The Morgan fingerprint density at radius 3 is 2.48 bits per heavy atom. The van der Waals surface area contributed by atoms with E-state index in [1.807, 2.05) is 38.1 Å². The highest BCUT2D eigenvalue weighted by Gasteiger charge is 2.19. The molecule has 3 heterocycles. The third-order valence-electron chi connectivity index (χ3n) is 6.33. The maximum Gasteiger partial charge on any atom is 0.257 e. The number of nitrogens with one attached hydrogen (secondary N) is 1. The quantitative estimate of drug-likeness (QED) is 0.640. The van der Waals surface area contributed by atoms with Gasteiger partial charge in [-0.2, -0.15) is 0 Å². The molecule has 0 spiro atoms. The number of carbonyl (C=O) groups excluding carboxylic acids is 1. The Bertz CT molecular complexity index is 1040. The van der Waals surface area contributed by atoms with Crippen molar-refractivity contribution in [3.8, 4) is 0 Å². The molecule has 6 heteroatoms. The number of furan rings is 1. The van der Waals surface area contributed by atoms with Crippen molar-refractivity contribution in [3.05, 3.63) is 70.9 Å². The number of aryl methyl sites for hydroxylation is 2. The molecular formula is C25H32N4O2. The van der Waals surface area contributed by atoms with E-state index in [9.17, 15) is 4.79 Å². The molecule has 1 amide bonds. The first kappa shape index (κ1) is 21.2. The molecule has 3 aromatic rings. The van der Waals surface area contributed by atoms with Gasteiger partial charge in [-0.1, -0.05) is 6.92 Å². The molecule has 0 saturated carbocycles. The van der Waals surface area contributed by atoms with Crippen molar-refractivity contribution in [3.63, 3.8) is 0 Å². The van der Waals surface area contributed by atoms with E-state index in [1.54, 1.807) is 6.26 Å². The lowest BCUT2D eigenvalue weighted by Crippen LogP contribution is -2.46. The SMILES string of the molecule is CCN1CCN(c2ccc(NC(=O)c3cc(C)n(Cc4ccco4)c3C)cc2C)CC1. The van der Waals surface area contributed by atoms with Crippen molar-refractivity contribution in [2.75, 3.05) is 42.9 Å². The summed E-state index contributed by atoms with van der Waals surface area (Å²) in [5.41, 5.74) is 5.94. The fraction of sp³-hybridized carbons (Fsp3) is 0.400. The maximum absolute atomic E-state index is 13.0. The van der Waals surface area contributed by atoms with Gasteiger partial charge in [0.15, 0.2) is 0 Å². The second-order valence-corrected chi connectivity index (χ2v) is 8.33. The van der Waals surface area contributed by atoms with Gasteiger partial charge in [-0.05, 0) is 69.3 Å². The van der Waals surface area contributed by atoms with Gasteiger partial charge in [0.1, 0.15) is 5.76 Å². The zero-order valence-corrected chi connectivity index (χ0v) is 18.9. The van der Waals surface area contributed by atoms with Gasteiger partial charge in [0.05, 0.1) is 18.4 Å². The number of aromatic nitrogens is 1. The highest BCUT2D eigenvalue weighted by molar-refractivity contribution is 6.05. The summed E-state index contributed by atoms with van der Waals surface area (Å²) in [5.74, 6) is 0.794. The van der Waals surface area contributed by atoms with Crippen molar-refractivity contribution in [1.82, 2.24) is 9.47 Å². The Morgan fingerprint density at radius 2 is 1.84 bits per heavy atom. The number of likely N-dealkylation sites (N-methyl/N-ethyl adjacent to an activating group) is 1. The summed E-state index contributed by atoms with van der Waals surface area (Å²) < 4.78 is 7.58. The second-order valence-electron chi connectivity index (χ2n) is 8.33. The van der Waals surface area contributed by atoms with Crippen molar-refractivity contribution in [1.29, 1.82) is 0 Å². The molecule has 1 aliphatic heterocycles. The van der Waals surface area contributed by atoms with Gasteiger partial charge in [-0.3, -0.25) is 4.79 Å². The summed E-state index contributed by atoms with van der Waals surface area (Å²) in [5, 5.41) is 3.08. The maximum atomic E-state index is 13.0. The van der Waals surface area contributed by atoms with Gasteiger partial charge in [-0.15, -0.1) is 0 Å². The monoisotopic (exact) mass is 420 g/mol. The molecule has 2 aromatic heterocycles. The van der Waals surface area contributed by atoms with Crippen LogP contribution >= 0.6 is 0 Å². The van der Waals surface area contributed by atoms with Crippen molar-refractivity contribution >= 4 is 17.3 Å². The molecule has 4 rings (SSSR count). The molecule has 0 atom stereocenters. The molecule has 1 fully saturated rings. The molecule has 6 nitrogen and oxygen atoms in total. The first-order chi connectivity index (χ1) is 15.0. The van der Waals surface area contributed by atoms with E-state index in [0.29, 0.717) is 12.1 Å². The number of hydrogen-bond donors (Lipinski definition) is 1. The predicted molar refractivity (Wildman–Crippen MR) is 125 cm³/mol. The summed E-state index contributed by atoms with van der Waals surface area (Å²) in [6.07, 6.45) is 1.67. The number of carbonyl (C=O) groups is 1. The Labute approximate surface area is 184 Å². The van der Waals surface area contributed by atoms with Crippen LogP contribution in [0.4, 0.5) is 11.4 Å². The van der Waals surface area contributed by atoms with Gasteiger partial charge in [0.2, 0.25) is 0 Å². The van der Waals surface area contributed by atoms with Crippen LogP contribution in [-0.2, 0) is 6.54 Å². The highest BCUT2D eigenvalue weighted by atomic mass is 16.3. The Kier molecular flexibility index (Phi) is 6.18. The van der Waals surface area contributed by atoms with E-state index in [4.69, 9.17) is 4.42 Å². The molecule has 1 saturated heterocycles. The summed E-state index contributed by atoms with van der Waals surface area (Å²) in [6, 6.07) is 12.0. The van der Waals surface area contributed by atoms with Gasteiger partial charge in [0.25, 0.3) is 5.91 Å². The number of hydrogen-bond acceptors (Lipinski definition) is 4. The predicted octanol–water partition coefficient (Wildman–Crippen LogP) is 4.45. The van der Waals surface area contributed by atoms with Gasteiger partial charge < -0.3 is 24.1 Å². The van der Waals surface area contributed by atoms with E-state index in [0.717, 1.165) is 55.6 Å². The zero-order valence-electron chi connectivity index (χ0n) is 18.9. The summed E-state index contributed by atoms with van der Waals surface area (Å²) in [6.45, 7) is 14.4. The fourth-order valence-corrected chi connectivity index (χ4v) is 4.42. The van der Waals surface area contributed by atoms with Crippen LogP contribution < -0.4 is 10.2 Å². The van der Waals surface area contributed by atoms with Crippen LogP contribution in [0.1, 0.15) is 40.0 Å². The average molecular weight is 421 g/mol. The van der Waals surface area contributed by atoms with Crippen molar-refractivity contribution in [2.45, 2.75) is 34.2 Å². The van der Waals surface area contributed by atoms with Gasteiger partial charge in [0, 0.05) is 48.9 Å². The van der Waals surface area contributed by atoms with Crippen LogP contribution in [0.2, 0.25) is 0 Å². The normalized spacial score (nSPS) is 14.8. The standard InChI is InChI=1S/C25H32N4O2/c1-5-27-10-12-28(13-11-27)24-9-8-21(15-18(24)2)26-25(30)23-16-19(3)29(20(23)4)17-22-7-6-14-31-22/h6-9,14-16H,5,10-13,17H2,1-4H3,(H,26,30). The largest absolute Gasteiger partial charge is 0.467 e. The van der Waals surface area contributed by atoms with E-state index in [2.05, 4.69) is 45.7 Å². The number of rotatable bonds is 6. The molecule has 1 N–H and O–H groups in total.